The topological polar surface area (TPSA) is 17.3 Å². The molecule has 0 N–H and O–H groups in total. The second-order valence-corrected chi connectivity index (χ2v) is 2.90. The highest BCUT2D eigenvalue weighted by Crippen LogP contribution is 2.17. The van der Waals surface area contributed by atoms with E-state index in [0.717, 1.165) is 16.4 Å². The van der Waals surface area contributed by atoms with E-state index in [9.17, 15) is 0 Å². The molecule has 2 aromatic heterocycles. The van der Waals surface area contributed by atoms with Gasteiger partial charge in [-0.1, -0.05) is 18.2 Å². The summed E-state index contributed by atoms with van der Waals surface area (Å²) in [6.45, 7) is 0. The third kappa shape index (κ3) is 0.855. The summed E-state index contributed by atoms with van der Waals surface area (Å²) in [5.74, 6) is 0. The smallest absolute Gasteiger partial charge is 0.0934 e. The minimum Gasteiger partial charge on any atom is -0.230 e. The van der Waals surface area contributed by atoms with Gasteiger partial charge in [0.05, 0.1) is 17.2 Å². The van der Waals surface area contributed by atoms with Gasteiger partial charge in [-0.2, -0.15) is 5.10 Å². The van der Waals surface area contributed by atoms with Crippen LogP contribution < -0.4 is 0 Å². The molecule has 0 amide bonds. The number of hydrogen-bond donors (Lipinski definition) is 0. The van der Waals surface area contributed by atoms with Gasteiger partial charge in [-0.15, -0.1) is 0 Å². The molecule has 60 valence electrons. The first-order valence-electron chi connectivity index (χ1n) is 4.10. The van der Waals surface area contributed by atoms with Gasteiger partial charge in [0.25, 0.3) is 0 Å². The molecule has 0 aliphatic carbocycles. The van der Waals surface area contributed by atoms with Crippen molar-refractivity contribution in [1.29, 1.82) is 0 Å². The summed E-state index contributed by atoms with van der Waals surface area (Å²) in [6.07, 6.45) is 2.99. The van der Waals surface area contributed by atoms with E-state index in [1.807, 2.05) is 24.3 Å². The van der Waals surface area contributed by atoms with Crippen molar-refractivity contribution in [3.05, 3.63) is 48.7 Å². The maximum Gasteiger partial charge on any atom is 0.0934 e. The number of aromatic nitrogens is 2. The van der Waals surface area contributed by atoms with Crippen molar-refractivity contribution in [2.24, 2.45) is 0 Å². The number of pyridine rings is 1. The second kappa shape index (κ2) is 2.33. The fourth-order valence-corrected chi connectivity index (χ4v) is 1.51. The number of benzene rings is 1. The average Bonchev–Trinajstić information content (AvgIpc) is 2.56. The molecule has 0 atom stereocenters. The van der Waals surface area contributed by atoms with Gasteiger partial charge in [-0.25, -0.2) is 4.52 Å². The normalized spacial score (nSPS) is 11.1. The van der Waals surface area contributed by atoms with Crippen molar-refractivity contribution >= 4 is 16.4 Å². The Morgan fingerprint density at radius 2 is 2.15 bits per heavy atom. The predicted molar refractivity (Wildman–Crippen MR) is 50.4 cm³/mol. The van der Waals surface area contributed by atoms with E-state index in [4.69, 9.17) is 0 Å². The molecule has 0 saturated heterocycles. The molecule has 3 aromatic rings. The molecule has 2 heterocycles. The Labute approximate surface area is 75.4 Å². The highest BCUT2D eigenvalue weighted by molar-refractivity contribution is 5.93. The van der Waals surface area contributed by atoms with Gasteiger partial charge in [0.15, 0.2) is 0 Å². The van der Waals surface area contributed by atoms with Crippen LogP contribution in [0, 0.1) is 12.3 Å². The van der Waals surface area contributed by atoms with E-state index < -0.39 is 0 Å². The molecule has 2 heteroatoms. The lowest BCUT2D eigenvalue weighted by Gasteiger charge is -1.87. The number of nitrogens with zero attached hydrogens (tertiary/aromatic N) is 2. The van der Waals surface area contributed by atoms with Gasteiger partial charge >= 0.3 is 0 Å². The molecule has 0 bridgehead atoms. The molecule has 0 unspecified atom stereocenters. The minimum atomic E-state index is 0.998. The van der Waals surface area contributed by atoms with E-state index in [2.05, 4.69) is 23.4 Å². The predicted octanol–water partition coefficient (Wildman–Crippen LogP) is 2.09. The molecule has 0 fully saturated rings. The van der Waals surface area contributed by atoms with Crippen LogP contribution in [-0.2, 0) is 0 Å². The number of hydrogen-bond acceptors (Lipinski definition) is 1. The van der Waals surface area contributed by atoms with Crippen LogP contribution in [0.5, 0.6) is 0 Å². The van der Waals surface area contributed by atoms with E-state index >= 15 is 0 Å². The molecule has 1 aromatic carbocycles. The van der Waals surface area contributed by atoms with Crippen molar-refractivity contribution in [1.82, 2.24) is 9.61 Å². The van der Waals surface area contributed by atoms with Crippen molar-refractivity contribution in [3.63, 3.8) is 0 Å². The Bertz CT molecular complexity index is 516. The SMILES string of the molecule is [c]1c[c]n2nc3ccccc3c2c1. The third-order valence-corrected chi connectivity index (χ3v) is 2.11. The monoisotopic (exact) mass is 166 g/mol. The largest absolute Gasteiger partial charge is 0.230 e. The van der Waals surface area contributed by atoms with Gasteiger partial charge < -0.3 is 0 Å². The van der Waals surface area contributed by atoms with Crippen LogP contribution in [0.3, 0.4) is 0 Å². The van der Waals surface area contributed by atoms with Crippen LogP contribution in [0.1, 0.15) is 0 Å². The van der Waals surface area contributed by atoms with Crippen LogP contribution in [0.15, 0.2) is 36.4 Å². The Morgan fingerprint density at radius 1 is 1.23 bits per heavy atom. The van der Waals surface area contributed by atoms with Gasteiger partial charge in [-0.05, 0) is 24.3 Å². The molecule has 13 heavy (non-hydrogen) atoms. The first-order valence-corrected chi connectivity index (χ1v) is 4.10. The lowest BCUT2D eigenvalue weighted by atomic mass is 10.2. The lowest BCUT2D eigenvalue weighted by molar-refractivity contribution is 0.972. The maximum absolute atomic E-state index is 4.36. The van der Waals surface area contributed by atoms with Gasteiger partial charge in [0.1, 0.15) is 0 Å². The fraction of sp³-hybridized carbons (Fsp3) is 0. The molecule has 2 radical (unpaired) electrons. The Hall–Kier alpha value is -1.83. The summed E-state index contributed by atoms with van der Waals surface area (Å²) in [6, 6.07) is 14.7. The van der Waals surface area contributed by atoms with E-state index in [-0.39, 0.29) is 0 Å². The maximum atomic E-state index is 4.36. The average molecular weight is 166 g/mol. The van der Waals surface area contributed by atoms with Crippen molar-refractivity contribution < 1.29 is 0 Å². The molecular weight excluding hydrogens is 160 g/mol. The summed E-state index contributed by atoms with van der Waals surface area (Å²) in [4.78, 5) is 0. The molecular formula is C11H6N2. The third-order valence-electron chi connectivity index (χ3n) is 2.11. The van der Waals surface area contributed by atoms with Crippen LogP contribution in [0.2, 0.25) is 0 Å². The zero-order valence-electron chi connectivity index (χ0n) is 6.86. The number of rotatable bonds is 0. The quantitative estimate of drug-likeness (QED) is 0.499. The summed E-state index contributed by atoms with van der Waals surface area (Å²) >= 11 is 0. The molecule has 3 rings (SSSR count). The zero-order chi connectivity index (χ0) is 8.67. The van der Waals surface area contributed by atoms with Gasteiger partial charge in [0, 0.05) is 5.39 Å². The molecule has 0 aliphatic rings. The molecule has 2 nitrogen and oxygen atoms in total. The standard InChI is InChI=1S/C11H6N2/c1-2-6-10-9(5-1)11-7-3-4-8-13(11)12-10/h1-2,4-7H. The summed E-state index contributed by atoms with van der Waals surface area (Å²) in [7, 11) is 0. The zero-order valence-corrected chi connectivity index (χ0v) is 6.86. The summed E-state index contributed by atoms with van der Waals surface area (Å²) in [5.41, 5.74) is 2.05. The summed E-state index contributed by atoms with van der Waals surface area (Å²) < 4.78 is 1.75. The Kier molecular flexibility index (Phi) is 1.19. The van der Waals surface area contributed by atoms with E-state index in [0.29, 0.717) is 0 Å². The first-order chi connectivity index (χ1) is 6.45. The molecule has 0 spiro atoms. The van der Waals surface area contributed by atoms with Crippen molar-refractivity contribution in [2.75, 3.05) is 0 Å². The van der Waals surface area contributed by atoms with E-state index in [1.54, 1.807) is 10.6 Å². The van der Waals surface area contributed by atoms with Gasteiger partial charge in [-0.3, -0.25) is 0 Å². The van der Waals surface area contributed by atoms with Crippen molar-refractivity contribution in [2.45, 2.75) is 0 Å². The highest BCUT2D eigenvalue weighted by Gasteiger charge is 2.01. The second-order valence-electron chi connectivity index (χ2n) is 2.90. The highest BCUT2D eigenvalue weighted by atomic mass is 15.2. The Balaban J connectivity index is 2.64. The minimum absolute atomic E-state index is 0.998. The molecule has 0 aliphatic heterocycles. The molecule has 0 saturated carbocycles. The van der Waals surface area contributed by atoms with Crippen LogP contribution >= 0.6 is 0 Å². The van der Waals surface area contributed by atoms with Crippen molar-refractivity contribution in [3.8, 4) is 0 Å². The van der Waals surface area contributed by atoms with Crippen LogP contribution in [0.4, 0.5) is 0 Å². The van der Waals surface area contributed by atoms with Gasteiger partial charge in [0.2, 0.25) is 0 Å². The fourth-order valence-electron chi connectivity index (χ4n) is 1.51. The first kappa shape index (κ1) is 6.66. The van der Waals surface area contributed by atoms with E-state index in [1.165, 1.54) is 0 Å². The van der Waals surface area contributed by atoms with Crippen LogP contribution in [0.25, 0.3) is 16.4 Å². The van der Waals surface area contributed by atoms with Crippen LogP contribution in [-0.4, -0.2) is 9.61 Å². The number of fused-ring (bicyclic) bond motifs is 3. The summed E-state index contributed by atoms with van der Waals surface area (Å²) in [5, 5.41) is 5.51. The Morgan fingerprint density at radius 3 is 3.15 bits per heavy atom. The lowest BCUT2D eigenvalue weighted by Crippen LogP contribution is -1.83.